The molecule has 0 aliphatic rings. The van der Waals surface area contributed by atoms with Crippen molar-refractivity contribution in [2.24, 2.45) is 0 Å². The van der Waals surface area contributed by atoms with Crippen LogP contribution in [0, 0.1) is 0 Å². The molecule has 0 fully saturated rings. The Balaban J connectivity index is 1.38. The van der Waals surface area contributed by atoms with E-state index in [0.29, 0.717) is 5.95 Å². The van der Waals surface area contributed by atoms with E-state index in [9.17, 15) is 0 Å². The minimum absolute atomic E-state index is 0.674. The van der Waals surface area contributed by atoms with Crippen molar-refractivity contribution in [1.29, 1.82) is 0 Å². The predicted octanol–water partition coefficient (Wildman–Crippen LogP) is 10.7. The lowest BCUT2D eigenvalue weighted by atomic mass is 10.1. The van der Waals surface area contributed by atoms with E-state index >= 15 is 0 Å². The van der Waals surface area contributed by atoms with Crippen molar-refractivity contribution < 1.29 is 0 Å². The van der Waals surface area contributed by atoms with E-state index in [4.69, 9.17) is 9.97 Å². The molecule has 5 heteroatoms. The van der Waals surface area contributed by atoms with Gasteiger partial charge in [0, 0.05) is 42.9 Å². The van der Waals surface area contributed by atoms with Gasteiger partial charge in [-0.05, 0) is 42.5 Å². The molecule has 4 heterocycles. The van der Waals surface area contributed by atoms with E-state index in [1.54, 1.807) is 0 Å². The highest BCUT2D eigenvalue weighted by molar-refractivity contribution is 7.27. The summed E-state index contributed by atoms with van der Waals surface area (Å²) in [4.78, 5) is 10.5. The molecular formula is C40H24N4S. The van der Waals surface area contributed by atoms with Gasteiger partial charge >= 0.3 is 0 Å². The average Bonchev–Trinajstić information content (AvgIpc) is 3.75. The highest BCUT2D eigenvalue weighted by Gasteiger charge is 2.23. The van der Waals surface area contributed by atoms with E-state index in [1.807, 2.05) is 23.5 Å². The fourth-order valence-electron chi connectivity index (χ4n) is 7.05. The van der Waals surface area contributed by atoms with Gasteiger partial charge in [-0.3, -0.25) is 4.57 Å². The summed E-state index contributed by atoms with van der Waals surface area (Å²) in [7, 11) is 0. The van der Waals surface area contributed by atoms with Crippen LogP contribution in [-0.2, 0) is 0 Å². The Labute approximate surface area is 262 Å². The maximum atomic E-state index is 5.29. The SMILES string of the molecule is c1ccc(-c2nc(-n3c4ccccc4c4c5c(ccc43)sc3c4ccccc4n(-c4ccccc4)c35)nc3ccccc23)cc1. The Morgan fingerprint density at radius 3 is 1.91 bits per heavy atom. The highest BCUT2D eigenvalue weighted by atomic mass is 32.1. The van der Waals surface area contributed by atoms with Crippen LogP contribution in [0.3, 0.4) is 0 Å². The lowest BCUT2D eigenvalue weighted by molar-refractivity contribution is 1.01. The van der Waals surface area contributed by atoms with Crippen LogP contribution in [-0.4, -0.2) is 19.1 Å². The number of aromatic nitrogens is 4. The molecule has 210 valence electrons. The number of benzene rings is 6. The van der Waals surface area contributed by atoms with Crippen molar-refractivity contribution in [3.05, 3.63) is 146 Å². The van der Waals surface area contributed by atoms with Crippen LogP contribution < -0.4 is 0 Å². The summed E-state index contributed by atoms with van der Waals surface area (Å²) >= 11 is 1.88. The van der Waals surface area contributed by atoms with Gasteiger partial charge in [-0.25, -0.2) is 9.97 Å². The zero-order chi connectivity index (χ0) is 29.5. The van der Waals surface area contributed by atoms with E-state index < -0.39 is 0 Å². The van der Waals surface area contributed by atoms with Crippen LogP contribution in [0.15, 0.2) is 146 Å². The van der Waals surface area contributed by atoms with Crippen LogP contribution in [0.1, 0.15) is 0 Å². The van der Waals surface area contributed by atoms with Gasteiger partial charge in [0.05, 0.1) is 38.0 Å². The molecule has 0 atom stereocenters. The summed E-state index contributed by atoms with van der Waals surface area (Å²) < 4.78 is 7.27. The summed E-state index contributed by atoms with van der Waals surface area (Å²) in [5, 5.41) is 6.02. The number of para-hydroxylation sites is 4. The number of nitrogens with zero attached hydrogens (tertiary/aromatic N) is 4. The zero-order valence-corrected chi connectivity index (χ0v) is 24.9. The third-order valence-corrected chi connectivity index (χ3v) is 10.1. The van der Waals surface area contributed by atoms with Crippen LogP contribution >= 0.6 is 11.3 Å². The van der Waals surface area contributed by atoms with Gasteiger partial charge in [-0.15, -0.1) is 11.3 Å². The molecule has 4 nitrogen and oxygen atoms in total. The number of thiophene rings is 1. The molecule has 0 unspecified atom stereocenters. The van der Waals surface area contributed by atoms with E-state index in [1.165, 1.54) is 42.0 Å². The highest BCUT2D eigenvalue weighted by Crippen LogP contribution is 2.47. The first-order valence-electron chi connectivity index (χ1n) is 15.1. The quantitative estimate of drug-likeness (QED) is 0.205. The maximum Gasteiger partial charge on any atom is 0.235 e. The van der Waals surface area contributed by atoms with Crippen molar-refractivity contribution in [3.8, 4) is 22.9 Å². The molecular weight excluding hydrogens is 569 g/mol. The Kier molecular flexibility index (Phi) is 5.12. The Morgan fingerprint density at radius 2 is 1.11 bits per heavy atom. The van der Waals surface area contributed by atoms with Crippen LogP contribution in [0.25, 0.3) is 86.8 Å². The summed E-state index contributed by atoms with van der Waals surface area (Å²) in [6, 6.07) is 51.4. The maximum absolute atomic E-state index is 5.29. The predicted molar refractivity (Wildman–Crippen MR) is 189 cm³/mol. The number of hydrogen-bond donors (Lipinski definition) is 0. The molecule has 0 radical (unpaired) electrons. The number of fused-ring (bicyclic) bond motifs is 10. The molecule has 0 saturated carbocycles. The van der Waals surface area contributed by atoms with E-state index in [2.05, 4.69) is 143 Å². The first-order valence-corrected chi connectivity index (χ1v) is 15.9. The third-order valence-electron chi connectivity index (χ3n) is 8.93. The zero-order valence-electron chi connectivity index (χ0n) is 24.1. The topological polar surface area (TPSA) is 35.6 Å². The van der Waals surface area contributed by atoms with Crippen molar-refractivity contribution in [2.75, 3.05) is 0 Å². The van der Waals surface area contributed by atoms with Crippen LogP contribution in [0.2, 0.25) is 0 Å². The Bertz CT molecular complexity index is 2750. The first-order chi connectivity index (χ1) is 22.3. The minimum Gasteiger partial charge on any atom is -0.308 e. The minimum atomic E-state index is 0.674. The normalized spacial score (nSPS) is 12.0. The van der Waals surface area contributed by atoms with Gasteiger partial charge in [0.25, 0.3) is 0 Å². The fourth-order valence-corrected chi connectivity index (χ4v) is 8.28. The van der Waals surface area contributed by atoms with Gasteiger partial charge in [0.15, 0.2) is 0 Å². The third kappa shape index (κ3) is 3.47. The van der Waals surface area contributed by atoms with Gasteiger partial charge in [0.1, 0.15) is 0 Å². The van der Waals surface area contributed by atoms with Crippen molar-refractivity contribution in [1.82, 2.24) is 19.1 Å². The summed E-state index contributed by atoms with van der Waals surface area (Å²) in [5.74, 6) is 0.674. The molecule has 0 aliphatic carbocycles. The van der Waals surface area contributed by atoms with Gasteiger partial charge < -0.3 is 4.57 Å². The first kappa shape index (κ1) is 24.6. The lowest BCUT2D eigenvalue weighted by Gasteiger charge is -2.11. The van der Waals surface area contributed by atoms with Crippen molar-refractivity contribution in [3.63, 3.8) is 0 Å². The van der Waals surface area contributed by atoms with Gasteiger partial charge in [-0.1, -0.05) is 103 Å². The monoisotopic (exact) mass is 592 g/mol. The Hall–Kier alpha value is -5.78. The van der Waals surface area contributed by atoms with E-state index in [0.717, 1.165) is 38.9 Å². The molecule has 0 saturated heterocycles. The molecule has 6 aromatic carbocycles. The number of rotatable bonds is 3. The average molecular weight is 593 g/mol. The standard InChI is InChI=1S/C40H24N4S/c1-3-13-25(14-4-1)37-27-17-7-10-20-30(27)41-40(42-37)44-31-21-11-8-18-28(31)35-33(44)23-24-34-36(35)38-39(45-34)29-19-9-12-22-32(29)43(38)26-15-5-2-6-16-26/h1-24H. The van der Waals surface area contributed by atoms with Crippen LogP contribution in [0.5, 0.6) is 0 Å². The molecule has 10 rings (SSSR count). The molecule has 10 aromatic rings. The van der Waals surface area contributed by atoms with Crippen molar-refractivity contribution in [2.45, 2.75) is 0 Å². The second-order valence-electron chi connectivity index (χ2n) is 11.4. The Morgan fingerprint density at radius 1 is 0.467 bits per heavy atom. The second kappa shape index (κ2) is 9.36. The van der Waals surface area contributed by atoms with E-state index in [-0.39, 0.29) is 0 Å². The second-order valence-corrected chi connectivity index (χ2v) is 12.5. The molecule has 0 N–H and O–H groups in total. The molecule has 0 spiro atoms. The van der Waals surface area contributed by atoms with Crippen molar-refractivity contribution >= 4 is 75.3 Å². The summed E-state index contributed by atoms with van der Waals surface area (Å²) in [6.45, 7) is 0. The molecule has 0 amide bonds. The summed E-state index contributed by atoms with van der Waals surface area (Å²) in [6.07, 6.45) is 0. The largest absolute Gasteiger partial charge is 0.308 e. The van der Waals surface area contributed by atoms with Crippen LogP contribution in [0.4, 0.5) is 0 Å². The summed E-state index contributed by atoms with van der Waals surface area (Å²) in [5.41, 5.74) is 8.76. The molecule has 45 heavy (non-hydrogen) atoms. The molecule has 0 aliphatic heterocycles. The van der Waals surface area contributed by atoms with Gasteiger partial charge in [0.2, 0.25) is 5.95 Å². The number of hydrogen-bond acceptors (Lipinski definition) is 3. The molecule has 4 aromatic heterocycles. The molecule has 0 bridgehead atoms. The smallest absolute Gasteiger partial charge is 0.235 e. The fraction of sp³-hybridized carbons (Fsp3) is 0. The van der Waals surface area contributed by atoms with Gasteiger partial charge in [-0.2, -0.15) is 0 Å². The lowest BCUT2D eigenvalue weighted by Crippen LogP contribution is -2.03.